The number of rotatable bonds is 4. The quantitative estimate of drug-likeness (QED) is 0.918. The summed E-state index contributed by atoms with van der Waals surface area (Å²) in [6.07, 6.45) is 4.03. The summed E-state index contributed by atoms with van der Waals surface area (Å²) in [6.45, 7) is 3.59. The molecule has 2 heterocycles. The summed E-state index contributed by atoms with van der Waals surface area (Å²) in [6, 6.07) is 2.20. The molecule has 0 amide bonds. The Kier molecular flexibility index (Phi) is 4.67. The summed E-state index contributed by atoms with van der Waals surface area (Å²) in [5.41, 5.74) is 0. The van der Waals surface area contributed by atoms with E-state index in [4.69, 9.17) is 0 Å². The number of thiophene rings is 1. The zero-order valence-electron chi connectivity index (χ0n) is 9.71. The second kappa shape index (κ2) is 6.03. The van der Waals surface area contributed by atoms with Gasteiger partial charge in [-0.25, -0.2) is 0 Å². The predicted octanol–water partition coefficient (Wildman–Crippen LogP) is 3.34. The molecule has 1 aliphatic heterocycles. The monoisotopic (exact) mass is 302 g/mol. The Bertz CT molecular complexity index is 321. The van der Waals surface area contributed by atoms with Crippen molar-refractivity contribution in [2.45, 2.75) is 19.3 Å². The van der Waals surface area contributed by atoms with E-state index >= 15 is 0 Å². The molecular weight excluding hydrogens is 284 g/mol. The van der Waals surface area contributed by atoms with Gasteiger partial charge in [-0.05, 0) is 60.3 Å². The van der Waals surface area contributed by atoms with E-state index in [1.165, 1.54) is 48.4 Å². The van der Waals surface area contributed by atoms with Crippen molar-refractivity contribution in [1.82, 2.24) is 5.32 Å². The standard InChI is InChI=1S/C12H19BrN2S/c1-15(12-8-11(13)9-16-12)7-4-10-2-5-14-6-3-10/h8-10,14H,2-7H2,1H3. The Morgan fingerprint density at radius 3 is 2.88 bits per heavy atom. The van der Waals surface area contributed by atoms with Crippen molar-refractivity contribution in [3.63, 3.8) is 0 Å². The van der Waals surface area contributed by atoms with E-state index in [0.717, 1.165) is 5.92 Å². The highest BCUT2D eigenvalue weighted by Gasteiger charge is 2.14. The van der Waals surface area contributed by atoms with E-state index in [2.05, 4.69) is 44.6 Å². The third-order valence-electron chi connectivity index (χ3n) is 3.26. The molecular formula is C12H19BrN2S. The van der Waals surface area contributed by atoms with Crippen molar-refractivity contribution >= 4 is 32.3 Å². The number of hydrogen-bond donors (Lipinski definition) is 1. The van der Waals surface area contributed by atoms with Crippen LogP contribution in [0.3, 0.4) is 0 Å². The molecule has 4 heteroatoms. The highest BCUT2D eigenvalue weighted by atomic mass is 79.9. The van der Waals surface area contributed by atoms with Gasteiger partial charge in [0.25, 0.3) is 0 Å². The van der Waals surface area contributed by atoms with Gasteiger partial charge in [0.1, 0.15) is 0 Å². The van der Waals surface area contributed by atoms with Gasteiger partial charge in [0.2, 0.25) is 0 Å². The number of nitrogens with zero attached hydrogens (tertiary/aromatic N) is 1. The molecule has 0 atom stereocenters. The topological polar surface area (TPSA) is 15.3 Å². The Hall–Kier alpha value is -0.0600. The van der Waals surface area contributed by atoms with Crippen LogP contribution >= 0.6 is 27.3 Å². The minimum atomic E-state index is 0.923. The third kappa shape index (κ3) is 3.47. The van der Waals surface area contributed by atoms with Crippen molar-refractivity contribution < 1.29 is 0 Å². The van der Waals surface area contributed by atoms with Gasteiger partial charge >= 0.3 is 0 Å². The van der Waals surface area contributed by atoms with Gasteiger partial charge in [0.05, 0.1) is 5.00 Å². The highest BCUT2D eigenvalue weighted by Crippen LogP contribution is 2.28. The fraction of sp³-hybridized carbons (Fsp3) is 0.667. The molecule has 90 valence electrons. The molecule has 1 aliphatic rings. The third-order valence-corrected chi connectivity index (χ3v) is 5.07. The minimum absolute atomic E-state index is 0.923. The zero-order chi connectivity index (χ0) is 11.4. The summed E-state index contributed by atoms with van der Waals surface area (Å²) in [5.74, 6) is 0.923. The lowest BCUT2D eigenvalue weighted by Crippen LogP contribution is -2.30. The van der Waals surface area contributed by atoms with Crippen LogP contribution in [0.2, 0.25) is 0 Å². The molecule has 1 aromatic heterocycles. The average Bonchev–Trinajstić information content (AvgIpc) is 2.74. The van der Waals surface area contributed by atoms with Crippen LogP contribution in [0.5, 0.6) is 0 Å². The first-order valence-electron chi connectivity index (χ1n) is 5.91. The number of hydrogen-bond acceptors (Lipinski definition) is 3. The first-order chi connectivity index (χ1) is 7.75. The van der Waals surface area contributed by atoms with Crippen LogP contribution in [0.1, 0.15) is 19.3 Å². The molecule has 0 saturated carbocycles. The predicted molar refractivity (Wildman–Crippen MR) is 75.5 cm³/mol. The van der Waals surface area contributed by atoms with Gasteiger partial charge in [0.15, 0.2) is 0 Å². The van der Waals surface area contributed by atoms with Crippen LogP contribution in [0.25, 0.3) is 0 Å². The molecule has 1 aromatic rings. The SMILES string of the molecule is CN(CCC1CCNCC1)c1cc(Br)cs1. The fourth-order valence-corrected chi connectivity index (χ4v) is 3.58. The zero-order valence-corrected chi connectivity index (χ0v) is 12.1. The van der Waals surface area contributed by atoms with Crippen molar-refractivity contribution in [2.24, 2.45) is 5.92 Å². The van der Waals surface area contributed by atoms with Gasteiger partial charge in [-0.3, -0.25) is 0 Å². The Morgan fingerprint density at radius 1 is 1.50 bits per heavy atom. The van der Waals surface area contributed by atoms with Gasteiger partial charge in [-0.15, -0.1) is 11.3 Å². The Morgan fingerprint density at radius 2 is 2.25 bits per heavy atom. The smallest absolute Gasteiger partial charge is 0.0917 e. The van der Waals surface area contributed by atoms with Gasteiger partial charge in [0, 0.05) is 23.4 Å². The molecule has 2 nitrogen and oxygen atoms in total. The second-order valence-corrected chi connectivity index (χ2v) is 6.31. The molecule has 0 bridgehead atoms. The maximum atomic E-state index is 3.50. The van der Waals surface area contributed by atoms with Crippen LogP contribution in [0.15, 0.2) is 15.9 Å². The summed E-state index contributed by atoms with van der Waals surface area (Å²) in [4.78, 5) is 2.37. The molecule has 16 heavy (non-hydrogen) atoms. The molecule has 0 radical (unpaired) electrons. The minimum Gasteiger partial charge on any atom is -0.366 e. The Balaban J connectivity index is 1.76. The first-order valence-corrected chi connectivity index (χ1v) is 7.59. The van der Waals surface area contributed by atoms with E-state index in [9.17, 15) is 0 Å². The van der Waals surface area contributed by atoms with Crippen LogP contribution in [0, 0.1) is 5.92 Å². The van der Waals surface area contributed by atoms with E-state index < -0.39 is 0 Å². The van der Waals surface area contributed by atoms with Crippen LogP contribution in [0.4, 0.5) is 5.00 Å². The summed E-state index contributed by atoms with van der Waals surface area (Å²) in [7, 11) is 2.19. The van der Waals surface area contributed by atoms with E-state index in [0.29, 0.717) is 0 Å². The number of piperidine rings is 1. The van der Waals surface area contributed by atoms with Crippen LogP contribution in [-0.4, -0.2) is 26.7 Å². The van der Waals surface area contributed by atoms with E-state index in [-0.39, 0.29) is 0 Å². The molecule has 0 aromatic carbocycles. The van der Waals surface area contributed by atoms with Gasteiger partial charge in [-0.1, -0.05) is 0 Å². The molecule has 0 aliphatic carbocycles. The average molecular weight is 303 g/mol. The van der Waals surface area contributed by atoms with E-state index in [1.54, 1.807) is 0 Å². The van der Waals surface area contributed by atoms with Crippen LogP contribution in [-0.2, 0) is 0 Å². The number of anilines is 1. The highest BCUT2D eigenvalue weighted by molar-refractivity contribution is 9.10. The molecule has 0 unspecified atom stereocenters. The number of nitrogens with one attached hydrogen (secondary N) is 1. The lowest BCUT2D eigenvalue weighted by atomic mass is 9.94. The largest absolute Gasteiger partial charge is 0.366 e. The van der Waals surface area contributed by atoms with Crippen LogP contribution < -0.4 is 10.2 Å². The van der Waals surface area contributed by atoms with Crippen molar-refractivity contribution in [3.8, 4) is 0 Å². The molecule has 1 fully saturated rings. The lowest BCUT2D eigenvalue weighted by Gasteiger charge is -2.25. The molecule has 1 saturated heterocycles. The fourth-order valence-electron chi connectivity index (χ4n) is 2.16. The lowest BCUT2D eigenvalue weighted by molar-refractivity contribution is 0.357. The molecule has 0 spiro atoms. The summed E-state index contributed by atoms with van der Waals surface area (Å²) in [5, 5.41) is 6.93. The van der Waals surface area contributed by atoms with Gasteiger partial charge in [-0.2, -0.15) is 0 Å². The maximum absolute atomic E-state index is 3.50. The molecule has 1 N–H and O–H groups in total. The summed E-state index contributed by atoms with van der Waals surface area (Å²) < 4.78 is 1.20. The summed E-state index contributed by atoms with van der Waals surface area (Å²) >= 11 is 5.31. The Labute approximate surface area is 110 Å². The van der Waals surface area contributed by atoms with Crippen molar-refractivity contribution in [1.29, 1.82) is 0 Å². The first kappa shape index (κ1) is 12.4. The van der Waals surface area contributed by atoms with E-state index in [1.807, 2.05) is 11.3 Å². The normalized spacial score (nSPS) is 17.6. The maximum Gasteiger partial charge on any atom is 0.0917 e. The van der Waals surface area contributed by atoms with Crippen molar-refractivity contribution in [3.05, 3.63) is 15.9 Å². The second-order valence-electron chi connectivity index (χ2n) is 4.51. The van der Waals surface area contributed by atoms with Crippen molar-refractivity contribution in [2.75, 3.05) is 31.6 Å². The number of halogens is 1. The molecule has 2 rings (SSSR count). The van der Waals surface area contributed by atoms with Gasteiger partial charge < -0.3 is 10.2 Å².